The third kappa shape index (κ3) is 2.98. The van der Waals surface area contributed by atoms with Crippen molar-refractivity contribution in [2.24, 2.45) is 5.73 Å². The molecule has 1 aromatic carbocycles. The first-order chi connectivity index (χ1) is 8.19. The number of aryl methyl sites for hydroxylation is 1. The van der Waals surface area contributed by atoms with Gasteiger partial charge >= 0.3 is 0 Å². The van der Waals surface area contributed by atoms with Crippen molar-refractivity contribution in [2.75, 3.05) is 6.54 Å². The molecule has 0 aliphatic heterocycles. The zero-order chi connectivity index (χ0) is 12.3. The van der Waals surface area contributed by atoms with Crippen molar-refractivity contribution < 1.29 is 4.42 Å². The lowest BCUT2D eigenvalue weighted by Gasteiger charge is -2.09. The summed E-state index contributed by atoms with van der Waals surface area (Å²) in [5.41, 5.74) is 8.22. The molecule has 1 atom stereocenters. The highest BCUT2D eigenvalue weighted by Crippen LogP contribution is 2.17. The van der Waals surface area contributed by atoms with Crippen LogP contribution in [0.15, 0.2) is 40.8 Å². The largest absolute Gasteiger partial charge is 0.466 e. The zero-order valence-electron chi connectivity index (χ0n) is 10.4. The number of rotatable bonds is 4. The molecule has 0 aliphatic carbocycles. The molecule has 2 aromatic rings. The molecule has 0 spiro atoms. The van der Waals surface area contributed by atoms with E-state index in [2.05, 4.69) is 31.2 Å². The van der Waals surface area contributed by atoms with Crippen molar-refractivity contribution in [1.82, 2.24) is 0 Å². The van der Waals surface area contributed by atoms with Gasteiger partial charge in [0.1, 0.15) is 11.5 Å². The van der Waals surface area contributed by atoms with Crippen LogP contribution in [-0.4, -0.2) is 6.54 Å². The average Bonchev–Trinajstić information content (AvgIpc) is 2.75. The van der Waals surface area contributed by atoms with Gasteiger partial charge in [-0.1, -0.05) is 31.2 Å². The molecule has 17 heavy (non-hydrogen) atoms. The minimum Gasteiger partial charge on any atom is -0.466 e. The number of benzene rings is 1. The van der Waals surface area contributed by atoms with Crippen LogP contribution in [0.1, 0.15) is 35.5 Å². The Morgan fingerprint density at radius 3 is 2.35 bits per heavy atom. The van der Waals surface area contributed by atoms with Crippen molar-refractivity contribution in [3.63, 3.8) is 0 Å². The smallest absolute Gasteiger partial charge is 0.108 e. The average molecular weight is 229 g/mol. The van der Waals surface area contributed by atoms with Crippen LogP contribution in [0.3, 0.4) is 0 Å². The summed E-state index contributed by atoms with van der Waals surface area (Å²) in [5, 5.41) is 0. The second kappa shape index (κ2) is 5.19. The number of hydrogen-bond acceptors (Lipinski definition) is 2. The molecule has 0 aliphatic rings. The fourth-order valence-corrected chi connectivity index (χ4v) is 1.88. The maximum Gasteiger partial charge on any atom is 0.108 e. The van der Waals surface area contributed by atoms with Crippen molar-refractivity contribution in [1.29, 1.82) is 0 Å². The Hall–Kier alpha value is -1.54. The van der Waals surface area contributed by atoms with Crippen molar-refractivity contribution in [3.8, 4) is 0 Å². The van der Waals surface area contributed by atoms with Gasteiger partial charge in [-0.25, -0.2) is 0 Å². The first-order valence-corrected chi connectivity index (χ1v) is 6.03. The van der Waals surface area contributed by atoms with E-state index >= 15 is 0 Å². The van der Waals surface area contributed by atoms with E-state index in [1.807, 2.05) is 19.1 Å². The minimum atomic E-state index is 0.426. The van der Waals surface area contributed by atoms with Gasteiger partial charge in [-0.15, -0.1) is 0 Å². The van der Waals surface area contributed by atoms with Crippen molar-refractivity contribution in [3.05, 3.63) is 59.0 Å². The highest BCUT2D eigenvalue weighted by molar-refractivity contribution is 5.28. The predicted molar refractivity (Wildman–Crippen MR) is 70.2 cm³/mol. The lowest BCUT2D eigenvalue weighted by Crippen LogP contribution is -2.08. The van der Waals surface area contributed by atoms with Gasteiger partial charge in [-0.2, -0.15) is 0 Å². The number of nitrogens with two attached hydrogens (primary N) is 1. The van der Waals surface area contributed by atoms with E-state index in [9.17, 15) is 0 Å². The summed E-state index contributed by atoms with van der Waals surface area (Å²) in [4.78, 5) is 0. The Morgan fingerprint density at radius 1 is 1.12 bits per heavy atom. The molecule has 90 valence electrons. The van der Waals surface area contributed by atoms with Crippen LogP contribution in [0.25, 0.3) is 0 Å². The maximum absolute atomic E-state index is 5.65. The molecule has 0 saturated carbocycles. The first kappa shape index (κ1) is 11.9. The molecule has 0 amide bonds. The molecular formula is C15H19NO. The Bertz CT molecular complexity index is 470. The summed E-state index contributed by atoms with van der Waals surface area (Å²) < 4.78 is 5.57. The van der Waals surface area contributed by atoms with Gasteiger partial charge in [0, 0.05) is 6.42 Å². The van der Waals surface area contributed by atoms with E-state index in [-0.39, 0.29) is 0 Å². The lowest BCUT2D eigenvalue weighted by atomic mass is 9.99. The third-order valence-electron chi connectivity index (χ3n) is 3.08. The van der Waals surface area contributed by atoms with Gasteiger partial charge in [0.25, 0.3) is 0 Å². The van der Waals surface area contributed by atoms with Crippen LogP contribution in [-0.2, 0) is 6.42 Å². The highest BCUT2D eigenvalue weighted by Gasteiger charge is 2.04. The van der Waals surface area contributed by atoms with Crippen LogP contribution < -0.4 is 5.73 Å². The molecule has 0 bridgehead atoms. The maximum atomic E-state index is 5.65. The highest BCUT2D eigenvalue weighted by atomic mass is 16.3. The molecule has 2 N–H and O–H groups in total. The Morgan fingerprint density at radius 2 is 1.82 bits per heavy atom. The van der Waals surface area contributed by atoms with Gasteiger partial charge in [0.2, 0.25) is 0 Å². The fourth-order valence-electron chi connectivity index (χ4n) is 1.88. The van der Waals surface area contributed by atoms with E-state index in [1.54, 1.807) is 0 Å². The summed E-state index contributed by atoms with van der Waals surface area (Å²) in [5.74, 6) is 2.41. The Kier molecular flexibility index (Phi) is 3.64. The zero-order valence-corrected chi connectivity index (χ0v) is 10.4. The summed E-state index contributed by atoms with van der Waals surface area (Å²) in [6.45, 7) is 4.80. The normalized spacial score (nSPS) is 12.6. The van der Waals surface area contributed by atoms with E-state index in [4.69, 9.17) is 10.2 Å². The molecule has 2 nitrogen and oxygen atoms in total. The summed E-state index contributed by atoms with van der Waals surface area (Å²) >= 11 is 0. The molecule has 2 rings (SSSR count). The SMILES string of the molecule is Cc1ccc(Cc2ccc(C(C)CN)cc2)o1. The van der Waals surface area contributed by atoms with Gasteiger partial charge in [0.05, 0.1) is 0 Å². The topological polar surface area (TPSA) is 39.2 Å². The molecular weight excluding hydrogens is 210 g/mol. The molecule has 0 fully saturated rings. The van der Waals surface area contributed by atoms with Crippen LogP contribution in [0.2, 0.25) is 0 Å². The van der Waals surface area contributed by atoms with Gasteiger partial charge in [-0.3, -0.25) is 0 Å². The van der Waals surface area contributed by atoms with Crippen LogP contribution in [0.5, 0.6) is 0 Å². The quantitative estimate of drug-likeness (QED) is 0.874. The molecule has 2 heteroatoms. The first-order valence-electron chi connectivity index (χ1n) is 6.03. The number of furan rings is 1. The summed E-state index contributed by atoms with van der Waals surface area (Å²) in [7, 11) is 0. The van der Waals surface area contributed by atoms with Gasteiger partial charge < -0.3 is 10.2 Å². The fraction of sp³-hybridized carbons (Fsp3) is 0.333. The molecule has 1 unspecified atom stereocenters. The van der Waals surface area contributed by atoms with Gasteiger partial charge in [-0.05, 0) is 42.6 Å². The predicted octanol–water partition coefficient (Wildman–Crippen LogP) is 3.24. The van der Waals surface area contributed by atoms with Crippen LogP contribution in [0.4, 0.5) is 0 Å². The summed E-state index contributed by atoms with van der Waals surface area (Å²) in [6, 6.07) is 12.6. The van der Waals surface area contributed by atoms with Crippen molar-refractivity contribution in [2.45, 2.75) is 26.2 Å². The van der Waals surface area contributed by atoms with E-state index < -0.39 is 0 Å². The molecule has 1 aromatic heterocycles. The number of hydrogen-bond donors (Lipinski definition) is 1. The van der Waals surface area contributed by atoms with E-state index in [0.717, 1.165) is 17.9 Å². The Labute approximate surface area is 102 Å². The van der Waals surface area contributed by atoms with Crippen LogP contribution in [0, 0.1) is 6.92 Å². The lowest BCUT2D eigenvalue weighted by molar-refractivity contribution is 0.493. The van der Waals surface area contributed by atoms with E-state index in [1.165, 1.54) is 11.1 Å². The molecule has 0 saturated heterocycles. The van der Waals surface area contributed by atoms with E-state index in [0.29, 0.717) is 12.5 Å². The summed E-state index contributed by atoms with van der Waals surface area (Å²) in [6.07, 6.45) is 0.852. The standard InChI is InChI=1S/C15H19NO/c1-11(10-16)14-6-4-13(5-7-14)9-15-8-3-12(2)17-15/h3-8,11H,9-10,16H2,1-2H3. The Balaban J connectivity index is 2.08. The van der Waals surface area contributed by atoms with Crippen LogP contribution >= 0.6 is 0 Å². The van der Waals surface area contributed by atoms with Crippen molar-refractivity contribution >= 4 is 0 Å². The van der Waals surface area contributed by atoms with Gasteiger partial charge in [0.15, 0.2) is 0 Å². The second-order valence-electron chi connectivity index (χ2n) is 4.57. The third-order valence-corrected chi connectivity index (χ3v) is 3.08. The monoisotopic (exact) mass is 229 g/mol. The molecule has 1 heterocycles. The second-order valence-corrected chi connectivity index (χ2v) is 4.57. The minimum absolute atomic E-state index is 0.426. The molecule has 0 radical (unpaired) electrons.